The molecule has 0 atom stereocenters. The first-order chi connectivity index (χ1) is 11.6. The number of pyridine rings is 1. The zero-order valence-electron chi connectivity index (χ0n) is 12.6. The molecule has 0 fully saturated rings. The van der Waals surface area contributed by atoms with Gasteiger partial charge >= 0.3 is 11.7 Å². The minimum atomic E-state index is -0.715. The lowest BCUT2D eigenvalue weighted by atomic mass is 10.2. The summed E-state index contributed by atoms with van der Waals surface area (Å²) in [5, 5.41) is 11.9. The topological polar surface area (TPSA) is 95.5 Å². The molecule has 0 bridgehead atoms. The molecular weight excluding hydrogens is 312 g/mol. The Labute approximate surface area is 136 Å². The van der Waals surface area contributed by atoms with Crippen molar-refractivity contribution in [2.75, 3.05) is 0 Å². The van der Waals surface area contributed by atoms with E-state index in [2.05, 4.69) is 4.98 Å². The van der Waals surface area contributed by atoms with Crippen molar-refractivity contribution in [3.8, 4) is 5.75 Å². The minimum absolute atomic E-state index is 0.171. The fraction of sp³-hybridized carbons (Fsp3) is 0.0588. The van der Waals surface area contributed by atoms with Gasteiger partial charge in [0.1, 0.15) is 11.3 Å². The van der Waals surface area contributed by atoms with Gasteiger partial charge in [0, 0.05) is 23.2 Å². The summed E-state index contributed by atoms with van der Waals surface area (Å²) >= 11 is 0. The summed E-state index contributed by atoms with van der Waals surface area (Å²) in [4.78, 5) is 27.0. The summed E-state index contributed by atoms with van der Waals surface area (Å²) in [6.07, 6.45) is 4.45. The standard InChI is InChI=1S/C17H12N2O5/c1-11(10-13-5-3-9-23-13)17(20)24-16-14(19(21)22)7-6-12-4-2-8-18-15(12)16/h2-10H,1H3/b11-10+. The van der Waals surface area contributed by atoms with Gasteiger partial charge in [-0.3, -0.25) is 15.1 Å². The van der Waals surface area contributed by atoms with Crippen molar-refractivity contribution >= 4 is 28.6 Å². The van der Waals surface area contributed by atoms with Gasteiger partial charge in [-0.2, -0.15) is 0 Å². The molecule has 3 rings (SSSR count). The molecule has 0 N–H and O–H groups in total. The molecule has 0 radical (unpaired) electrons. The van der Waals surface area contributed by atoms with Crippen LogP contribution in [-0.4, -0.2) is 15.9 Å². The first-order valence-corrected chi connectivity index (χ1v) is 7.02. The molecule has 1 aromatic carbocycles. The highest BCUT2D eigenvalue weighted by atomic mass is 16.6. The molecule has 24 heavy (non-hydrogen) atoms. The SMILES string of the molecule is C/C(=C\c1ccco1)C(=O)Oc1c([N+](=O)[O-])ccc2cccnc12. The monoisotopic (exact) mass is 324 g/mol. The van der Waals surface area contributed by atoms with Crippen LogP contribution in [0.4, 0.5) is 5.69 Å². The van der Waals surface area contributed by atoms with Crippen LogP contribution in [0.1, 0.15) is 12.7 Å². The molecule has 0 amide bonds. The molecule has 3 aromatic rings. The van der Waals surface area contributed by atoms with Crippen molar-refractivity contribution in [3.05, 3.63) is 70.3 Å². The average molecular weight is 324 g/mol. The van der Waals surface area contributed by atoms with E-state index >= 15 is 0 Å². The van der Waals surface area contributed by atoms with Crippen molar-refractivity contribution in [2.45, 2.75) is 6.92 Å². The number of fused-ring (bicyclic) bond motifs is 1. The Hall–Kier alpha value is -3.48. The number of benzene rings is 1. The molecule has 0 saturated heterocycles. The molecule has 7 heteroatoms. The van der Waals surface area contributed by atoms with E-state index in [0.717, 1.165) is 0 Å². The number of nitro groups is 1. The Morgan fingerprint density at radius 2 is 2.12 bits per heavy atom. The van der Waals surface area contributed by atoms with Gasteiger partial charge in [0.15, 0.2) is 0 Å². The third-order valence-electron chi connectivity index (χ3n) is 3.32. The van der Waals surface area contributed by atoms with Crippen LogP contribution in [0, 0.1) is 10.1 Å². The second kappa shape index (κ2) is 6.33. The minimum Gasteiger partial charge on any atom is -0.465 e. The summed E-state index contributed by atoms with van der Waals surface area (Å²) < 4.78 is 10.4. The quantitative estimate of drug-likeness (QED) is 0.238. The molecule has 0 aliphatic carbocycles. The highest BCUT2D eigenvalue weighted by Gasteiger charge is 2.22. The van der Waals surface area contributed by atoms with E-state index in [-0.39, 0.29) is 22.5 Å². The zero-order valence-corrected chi connectivity index (χ0v) is 12.6. The molecule has 0 aliphatic rings. The fourth-order valence-corrected chi connectivity index (χ4v) is 2.17. The third kappa shape index (κ3) is 3.00. The summed E-state index contributed by atoms with van der Waals surface area (Å²) in [5.41, 5.74) is 0.179. The number of esters is 1. The summed E-state index contributed by atoms with van der Waals surface area (Å²) in [6, 6.07) is 9.64. The zero-order chi connectivity index (χ0) is 17.1. The summed E-state index contributed by atoms with van der Waals surface area (Å²) in [7, 11) is 0. The Balaban J connectivity index is 2.01. The van der Waals surface area contributed by atoms with Crippen molar-refractivity contribution in [2.24, 2.45) is 0 Å². The first-order valence-electron chi connectivity index (χ1n) is 7.02. The van der Waals surface area contributed by atoms with Gasteiger partial charge in [-0.15, -0.1) is 0 Å². The van der Waals surface area contributed by atoms with E-state index in [9.17, 15) is 14.9 Å². The van der Waals surface area contributed by atoms with Crippen molar-refractivity contribution in [3.63, 3.8) is 0 Å². The van der Waals surface area contributed by atoms with E-state index in [0.29, 0.717) is 11.1 Å². The maximum Gasteiger partial charge on any atom is 0.339 e. The van der Waals surface area contributed by atoms with E-state index in [1.165, 1.54) is 31.5 Å². The van der Waals surface area contributed by atoms with E-state index < -0.39 is 10.9 Å². The Morgan fingerprint density at radius 3 is 2.83 bits per heavy atom. The van der Waals surface area contributed by atoms with Gasteiger partial charge in [-0.1, -0.05) is 6.07 Å². The van der Waals surface area contributed by atoms with Crippen LogP contribution in [0.15, 0.2) is 58.8 Å². The number of aromatic nitrogens is 1. The van der Waals surface area contributed by atoms with Crippen LogP contribution in [0.3, 0.4) is 0 Å². The van der Waals surface area contributed by atoms with Crippen LogP contribution in [0.5, 0.6) is 5.75 Å². The number of carbonyl (C=O) groups excluding carboxylic acids is 1. The lowest BCUT2D eigenvalue weighted by molar-refractivity contribution is -0.385. The van der Waals surface area contributed by atoms with Crippen LogP contribution >= 0.6 is 0 Å². The van der Waals surface area contributed by atoms with Gasteiger partial charge in [0.05, 0.1) is 11.2 Å². The number of nitro benzene ring substituents is 1. The number of rotatable bonds is 4. The maximum atomic E-state index is 12.3. The largest absolute Gasteiger partial charge is 0.465 e. The molecule has 0 unspecified atom stereocenters. The Bertz CT molecular complexity index is 945. The Kier molecular flexibility index (Phi) is 4.07. The van der Waals surface area contributed by atoms with Crippen LogP contribution in [0.25, 0.3) is 17.0 Å². The van der Waals surface area contributed by atoms with Gasteiger partial charge in [0.25, 0.3) is 0 Å². The predicted molar refractivity (Wildman–Crippen MR) is 86.4 cm³/mol. The average Bonchev–Trinajstić information content (AvgIpc) is 3.07. The summed E-state index contributed by atoms with van der Waals surface area (Å²) in [5.74, 6) is -0.405. The highest BCUT2D eigenvalue weighted by molar-refractivity contribution is 5.97. The number of ether oxygens (including phenoxy) is 1. The molecule has 0 spiro atoms. The molecule has 2 aromatic heterocycles. The number of carbonyl (C=O) groups is 1. The van der Waals surface area contributed by atoms with Gasteiger partial charge in [-0.25, -0.2) is 4.79 Å². The molecule has 0 aliphatic heterocycles. The molecule has 7 nitrogen and oxygen atoms in total. The lowest BCUT2D eigenvalue weighted by Gasteiger charge is -2.07. The second-order valence-corrected chi connectivity index (χ2v) is 4.98. The van der Waals surface area contributed by atoms with Crippen LogP contribution in [0.2, 0.25) is 0 Å². The number of nitrogens with zero attached hydrogens (tertiary/aromatic N) is 2. The van der Waals surface area contributed by atoms with Crippen molar-refractivity contribution in [1.82, 2.24) is 4.98 Å². The molecule has 0 saturated carbocycles. The van der Waals surface area contributed by atoms with Crippen molar-refractivity contribution < 1.29 is 18.9 Å². The van der Waals surface area contributed by atoms with Gasteiger partial charge < -0.3 is 9.15 Å². The Morgan fingerprint density at radius 1 is 1.29 bits per heavy atom. The van der Waals surface area contributed by atoms with Crippen LogP contribution in [-0.2, 0) is 4.79 Å². The molecule has 2 heterocycles. The van der Waals surface area contributed by atoms with E-state index in [4.69, 9.17) is 9.15 Å². The number of hydrogen-bond donors (Lipinski definition) is 0. The lowest BCUT2D eigenvalue weighted by Crippen LogP contribution is -2.11. The fourth-order valence-electron chi connectivity index (χ4n) is 2.17. The first kappa shape index (κ1) is 15.4. The van der Waals surface area contributed by atoms with Crippen LogP contribution < -0.4 is 4.74 Å². The maximum absolute atomic E-state index is 12.3. The van der Waals surface area contributed by atoms with Crippen molar-refractivity contribution in [1.29, 1.82) is 0 Å². The smallest absolute Gasteiger partial charge is 0.339 e. The normalized spacial score (nSPS) is 11.5. The number of hydrogen-bond acceptors (Lipinski definition) is 6. The van der Waals surface area contributed by atoms with Gasteiger partial charge in [0.2, 0.25) is 5.75 Å². The van der Waals surface area contributed by atoms with E-state index in [1.54, 1.807) is 30.3 Å². The third-order valence-corrected chi connectivity index (χ3v) is 3.32. The van der Waals surface area contributed by atoms with Gasteiger partial charge in [-0.05, 0) is 37.3 Å². The van der Waals surface area contributed by atoms with E-state index in [1.807, 2.05) is 0 Å². The molecule has 120 valence electrons. The second-order valence-electron chi connectivity index (χ2n) is 4.98. The highest BCUT2D eigenvalue weighted by Crippen LogP contribution is 2.34. The predicted octanol–water partition coefficient (Wildman–Crippen LogP) is 3.74. The number of furan rings is 1. The summed E-state index contributed by atoms with van der Waals surface area (Å²) in [6.45, 7) is 1.54. The molecular formula is C17H12N2O5.